The van der Waals surface area contributed by atoms with Gasteiger partial charge < -0.3 is 15.6 Å². The Morgan fingerprint density at radius 3 is 2.57 bits per heavy atom. The molecule has 1 amide bonds. The number of rotatable bonds is 4. The minimum Gasteiger partial charge on any atom is -0.355 e. The van der Waals surface area contributed by atoms with Crippen molar-refractivity contribution >= 4 is 16.9 Å². The molecule has 0 unspecified atom stereocenters. The number of carbonyl (C=O) groups excluding carboxylic acids is 1. The van der Waals surface area contributed by atoms with Gasteiger partial charge in [-0.1, -0.05) is 24.3 Å². The second-order valence-corrected chi connectivity index (χ2v) is 5.54. The lowest BCUT2D eigenvalue weighted by Gasteiger charge is -2.16. The van der Waals surface area contributed by atoms with E-state index in [0.29, 0.717) is 12.1 Å². The van der Waals surface area contributed by atoms with Crippen molar-refractivity contribution in [2.24, 2.45) is 5.73 Å². The van der Waals surface area contributed by atoms with E-state index in [0.717, 1.165) is 22.4 Å². The number of imidazole rings is 1. The molecular formula is C18H20N4O. The summed E-state index contributed by atoms with van der Waals surface area (Å²) in [6.07, 6.45) is 0. The second kappa shape index (κ2) is 6.22. The lowest BCUT2D eigenvalue weighted by atomic mass is 10.1. The smallest absolute Gasteiger partial charge is 0.251 e. The van der Waals surface area contributed by atoms with Crippen molar-refractivity contribution in [1.82, 2.24) is 14.9 Å². The minimum absolute atomic E-state index is 0.0969. The number of amides is 1. The molecule has 0 bridgehead atoms. The van der Waals surface area contributed by atoms with E-state index in [1.54, 1.807) is 7.05 Å². The standard InChI is InChI=1S/C18H20N4O/c1-12(11-19)22-16-6-4-3-5-15(16)21-17(22)13-7-9-14(10-8-13)18(23)20-2/h3-10,12H,11,19H2,1-2H3,(H,20,23)/t12-/m0/s1. The SMILES string of the molecule is CNC(=O)c1ccc(-c2nc3ccccc3n2[C@@H](C)CN)cc1. The predicted molar refractivity (Wildman–Crippen MR) is 92.3 cm³/mol. The van der Waals surface area contributed by atoms with Crippen LogP contribution >= 0.6 is 0 Å². The number of hydrogen-bond donors (Lipinski definition) is 2. The molecular weight excluding hydrogens is 288 g/mol. The molecule has 0 aliphatic rings. The zero-order chi connectivity index (χ0) is 16.4. The van der Waals surface area contributed by atoms with Crippen LogP contribution in [0.2, 0.25) is 0 Å². The number of para-hydroxylation sites is 2. The zero-order valence-electron chi connectivity index (χ0n) is 13.3. The van der Waals surface area contributed by atoms with Gasteiger partial charge in [-0.2, -0.15) is 0 Å². The van der Waals surface area contributed by atoms with Crippen molar-refractivity contribution in [3.63, 3.8) is 0 Å². The maximum atomic E-state index is 11.7. The van der Waals surface area contributed by atoms with Crippen LogP contribution in [0.25, 0.3) is 22.4 Å². The summed E-state index contributed by atoms with van der Waals surface area (Å²) >= 11 is 0. The summed E-state index contributed by atoms with van der Waals surface area (Å²) in [4.78, 5) is 16.4. The highest BCUT2D eigenvalue weighted by atomic mass is 16.1. The molecule has 0 aliphatic heterocycles. The van der Waals surface area contributed by atoms with E-state index in [-0.39, 0.29) is 11.9 Å². The first-order chi connectivity index (χ1) is 11.2. The summed E-state index contributed by atoms with van der Waals surface area (Å²) in [5.74, 6) is 0.771. The number of nitrogens with one attached hydrogen (secondary N) is 1. The molecule has 1 heterocycles. The Kier molecular flexibility index (Phi) is 4.12. The van der Waals surface area contributed by atoms with E-state index in [1.165, 1.54) is 0 Å². The summed E-state index contributed by atoms with van der Waals surface area (Å²) in [6, 6.07) is 15.6. The normalized spacial score (nSPS) is 12.3. The van der Waals surface area contributed by atoms with Gasteiger partial charge in [-0.15, -0.1) is 0 Å². The average Bonchev–Trinajstić information content (AvgIpc) is 3.00. The topological polar surface area (TPSA) is 72.9 Å². The van der Waals surface area contributed by atoms with Crippen molar-refractivity contribution in [2.75, 3.05) is 13.6 Å². The molecule has 3 rings (SSSR count). The van der Waals surface area contributed by atoms with Gasteiger partial charge in [0, 0.05) is 30.8 Å². The fourth-order valence-corrected chi connectivity index (χ4v) is 2.71. The van der Waals surface area contributed by atoms with E-state index < -0.39 is 0 Å². The Labute approximate surface area is 135 Å². The maximum absolute atomic E-state index is 11.7. The van der Waals surface area contributed by atoms with Crippen LogP contribution in [0, 0.1) is 0 Å². The third kappa shape index (κ3) is 2.71. The van der Waals surface area contributed by atoms with Gasteiger partial charge in [0.1, 0.15) is 5.82 Å². The first-order valence-corrected chi connectivity index (χ1v) is 7.65. The van der Waals surface area contributed by atoms with E-state index in [2.05, 4.69) is 22.9 Å². The van der Waals surface area contributed by atoms with Gasteiger partial charge >= 0.3 is 0 Å². The van der Waals surface area contributed by atoms with Crippen molar-refractivity contribution < 1.29 is 4.79 Å². The molecule has 0 radical (unpaired) electrons. The fraction of sp³-hybridized carbons (Fsp3) is 0.222. The summed E-state index contributed by atoms with van der Waals surface area (Å²) < 4.78 is 2.16. The van der Waals surface area contributed by atoms with Crippen LogP contribution in [0.4, 0.5) is 0 Å². The highest BCUT2D eigenvalue weighted by Crippen LogP contribution is 2.28. The zero-order valence-corrected chi connectivity index (χ0v) is 13.3. The Morgan fingerprint density at radius 2 is 1.91 bits per heavy atom. The molecule has 0 saturated heterocycles. The van der Waals surface area contributed by atoms with Crippen LogP contribution in [-0.2, 0) is 0 Å². The summed E-state index contributed by atoms with van der Waals surface area (Å²) in [5, 5.41) is 2.62. The van der Waals surface area contributed by atoms with Crippen LogP contribution in [0.3, 0.4) is 0 Å². The number of nitrogens with zero attached hydrogens (tertiary/aromatic N) is 2. The quantitative estimate of drug-likeness (QED) is 0.778. The van der Waals surface area contributed by atoms with Crippen LogP contribution in [0.1, 0.15) is 23.3 Å². The Bertz CT molecular complexity index is 836. The predicted octanol–water partition coefficient (Wildman–Crippen LogP) is 2.58. The van der Waals surface area contributed by atoms with Gasteiger partial charge in [-0.05, 0) is 31.2 Å². The molecule has 1 atom stereocenters. The molecule has 23 heavy (non-hydrogen) atoms. The molecule has 3 aromatic rings. The lowest BCUT2D eigenvalue weighted by molar-refractivity contribution is 0.0963. The maximum Gasteiger partial charge on any atom is 0.251 e. The molecule has 2 aromatic carbocycles. The monoisotopic (exact) mass is 308 g/mol. The average molecular weight is 308 g/mol. The van der Waals surface area contributed by atoms with Gasteiger partial charge in [0.15, 0.2) is 0 Å². The summed E-state index contributed by atoms with van der Waals surface area (Å²) in [6.45, 7) is 2.61. The molecule has 5 nitrogen and oxygen atoms in total. The first-order valence-electron chi connectivity index (χ1n) is 7.65. The first kappa shape index (κ1) is 15.2. The van der Waals surface area contributed by atoms with Crippen molar-refractivity contribution in [3.8, 4) is 11.4 Å². The number of carbonyl (C=O) groups is 1. The molecule has 0 aliphatic carbocycles. The fourth-order valence-electron chi connectivity index (χ4n) is 2.71. The number of nitrogens with two attached hydrogens (primary N) is 1. The highest BCUT2D eigenvalue weighted by molar-refractivity contribution is 5.94. The van der Waals surface area contributed by atoms with Gasteiger partial charge in [0.25, 0.3) is 5.91 Å². The van der Waals surface area contributed by atoms with Crippen LogP contribution in [-0.4, -0.2) is 29.1 Å². The molecule has 1 aromatic heterocycles. The molecule has 5 heteroatoms. The van der Waals surface area contributed by atoms with E-state index in [9.17, 15) is 4.79 Å². The summed E-state index contributed by atoms with van der Waals surface area (Å²) in [7, 11) is 1.62. The lowest BCUT2D eigenvalue weighted by Crippen LogP contribution is -2.18. The van der Waals surface area contributed by atoms with Crippen LogP contribution < -0.4 is 11.1 Å². The Morgan fingerprint density at radius 1 is 1.22 bits per heavy atom. The largest absolute Gasteiger partial charge is 0.355 e. The molecule has 0 fully saturated rings. The number of benzene rings is 2. The highest BCUT2D eigenvalue weighted by Gasteiger charge is 2.16. The third-order valence-corrected chi connectivity index (χ3v) is 4.01. The second-order valence-electron chi connectivity index (χ2n) is 5.54. The van der Waals surface area contributed by atoms with Crippen molar-refractivity contribution in [2.45, 2.75) is 13.0 Å². The number of fused-ring (bicyclic) bond motifs is 1. The summed E-state index contributed by atoms with van der Waals surface area (Å²) in [5.41, 5.74) is 9.49. The van der Waals surface area contributed by atoms with E-state index in [1.807, 2.05) is 42.5 Å². The third-order valence-electron chi connectivity index (χ3n) is 4.01. The van der Waals surface area contributed by atoms with Gasteiger partial charge in [0.05, 0.1) is 11.0 Å². The molecule has 0 spiro atoms. The van der Waals surface area contributed by atoms with E-state index in [4.69, 9.17) is 10.7 Å². The van der Waals surface area contributed by atoms with Crippen LogP contribution in [0.15, 0.2) is 48.5 Å². The Hall–Kier alpha value is -2.66. The van der Waals surface area contributed by atoms with Crippen molar-refractivity contribution in [1.29, 1.82) is 0 Å². The van der Waals surface area contributed by atoms with Gasteiger partial charge in [0.2, 0.25) is 0 Å². The molecule has 0 saturated carbocycles. The molecule has 3 N–H and O–H groups in total. The number of aromatic nitrogens is 2. The minimum atomic E-state index is -0.0969. The van der Waals surface area contributed by atoms with E-state index >= 15 is 0 Å². The van der Waals surface area contributed by atoms with Crippen molar-refractivity contribution in [3.05, 3.63) is 54.1 Å². The Balaban J connectivity index is 2.13. The molecule has 118 valence electrons. The number of hydrogen-bond acceptors (Lipinski definition) is 3. The van der Waals surface area contributed by atoms with Gasteiger partial charge in [-0.25, -0.2) is 4.98 Å². The van der Waals surface area contributed by atoms with Crippen LogP contribution in [0.5, 0.6) is 0 Å². The van der Waals surface area contributed by atoms with Gasteiger partial charge in [-0.3, -0.25) is 4.79 Å².